The van der Waals surface area contributed by atoms with Gasteiger partial charge in [-0.25, -0.2) is 4.98 Å². The van der Waals surface area contributed by atoms with Gasteiger partial charge >= 0.3 is 10.1 Å². The third-order valence-electron chi connectivity index (χ3n) is 4.93. The lowest BCUT2D eigenvalue weighted by atomic mass is 10.3. The smallest absolute Gasteiger partial charge is 0.339 e. The van der Waals surface area contributed by atoms with Gasteiger partial charge < -0.3 is 19.8 Å². The molecule has 0 spiro atoms. The molecule has 0 radical (unpaired) electrons. The van der Waals surface area contributed by atoms with Crippen molar-refractivity contribution in [2.75, 3.05) is 30.8 Å². The molecule has 0 aliphatic heterocycles. The maximum absolute atomic E-state index is 12.6. The number of fused-ring (bicyclic) bond motifs is 1. The van der Waals surface area contributed by atoms with Gasteiger partial charge in [-0.3, -0.25) is 10.1 Å². The number of hydrogen-bond acceptors (Lipinski definition) is 7. The molecule has 1 aliphatic rings. The maximum Gasteiger partial charge on any atom is 0.339 e. The molecule has 0 bridgehead atoms. The molecule has 1 aliphatic carbocycles. The van der Waals surface area contributed by atoms with E-state index in [0.717, 1.165) is 38.0 Å². The molecule has 1 aromatic heterocycles. The van der Waals surface area contributed by atoms with Crippen LogP contribution < -0.4 is 20.1 Å². The molecule has 9 nitrogen and oxygen atoms in total. The van der Waals surface area contributed by atoms with Gasteiger partial charge in [0.25, 0.3) is 0 Å². The molecule has 10 heteroatoms. The SMILES string of the molecule is CNCCCNc1ccc(S(=O)(=O)Oc2ccc3[nH]c(NC(=O)C4CC4)nc3c2)cc1. The van der Waals surface area contributed by atoms with Crippen LogP contribution in [0.3, 0.4) is 0 Å². The average molecular weight is 444 g/mol. The Morgan fingerprint density at radius 2 is 1.94 bits per heavy atom. The van der Waals surface area contributed by atoms with E-state index in [0.29, 0.717) is 17.0 Å². The molecule has 164 valence electrons. The zero-order valence-electron chi connectivity index (χ0n) is 17.1. The minimum atomic E-state index is -3.99. The molecule has 1 amide bonds. The first-order chi connectivity index (χ1) is 14.9. The fourth-order valence-corrected chi connectivity index (χ4v) is 4.00. The number of amides is 1. The number of carbonyl (C=O) groups excluding carboxylic acids is 1. The van der Waals surface area contributed by atoms with Gasteiger partial charge in [0.05, 0.1) is 11.0 Å². The highest BCUT2D eigenvalue weighted by Gasteiger charge is 2.30. The molecule has 1 saturated carbocycles. The van der Waals surface area contributed by atoms with Crippen LogP contribution in [-0.2, 0) is 14.9 Å². The quantitative estimate of drug-likeness (QED) is 0.280. The molecule has 1 fully saturated rings. The van der Waals surface area contributed by atoms with Crippen molar-refractivity contribution in [2.45, 2.75) is 24.2 Å². The minimum Gasteiger partial charge on any atom is -0.385 e. The number of hydrogen-bond donors (Lipinski definition) is 4. The van der Waals surface area contributed by atoms with Crippen molar-refractivity contribution in [1.82, 2.24) is 15.3 Å². The molecule has 31 heavy (non-hydrogen) atoms. The first-order valence-corrected chi connectivity index (χ1v) is 11.6. The first-order valence-electron chi connectivity index (χ1n) is 10.2. The second-order valence-corrected chi connectivity index (χ2v) is 9.02. The van der Waals surface area contributed by atoms with Crippen molar-refractivity contribution in [1.29, 1.82) is 0 Å². The van der Waals surface area contributed by atoms with E-state index in [1.807, 2.05) is 7.05 Å². The Bertz CT molecular complexity index is 1170. The number of carbonyl (C=O) groups is 1. The van der Waals surface area contributed by atoms with Gasteiger partial charge in [0.1, 0.15) is 10.6 Å². The fourth-order valence-electron chi connectivity index (χ4n) is 3.07. The number of nitrogens with zero attached hydrogens (tertiary/aromatic N) is 1. The topological polar surface area (TPSA) is 125 Å². The lowest BCUT2D eigenvalue weighted by Gasteiger charge is -2.09. The van der Waals surface area contributed by atoms with E-state index in [-0.39, 0.29) is 22.5 Å². The third kappa shape index (κ3) is 5.33. The summed E-state index contributed by atoms with van der Waals surface area (Å²) in [6, 6.07) is 11.2. The van der Waals surface area contributed by atoms with E-state index in [9.17, 15) is 13.2 Å². The largest absolute Gasteiger partial charge is 0.385 e. The van der Waals surface area contributed by atoms with Crippen LogP contribution in [0.25, 0.3) is 11.0 Å². The predicted octanol–water partition coefficient (Wildman–Crippen LogP) is 2.70. The summed E-state index contributed by atoms with van der Waals surface area (Å²) in [7, 11) is -2.09. The van der Waals surface area contributed by atoms with Crippen LogP contribution in [-0.4, -0.2) is 44.4 Å². The van der Waals surface area contributed by atoms with Gasteiger partial charge in [0, 0.05) is 24.2 Å². The zero-order chi connectivity index (χ0) is 21.8. The van der Waals surface area contributed by atoms with E-state index >= 15 is 0 Å². The Labute approximate surface area is 180 Å². The highest BCUT2D eigenvalue weighted by Crippen LogP contribution is 2.30. The van der Waals surface area contributed by atoms with Gasteiger partial charge in [-0.1, -0.05) is 0 Å². The summed E-state index contributed by atoms with van der Waals surface area (Å²) >= 11 is 0. The Morgan fingerprint density at radius 1 is 1.16 bits per heavy atom. The fraction of sp³-hybridized carbons (Fsp3) is 0.333. The number of rotatable bonds is 10. The molecule has 0 unspecified atom stereocenters. The van der Waals surface area contributed by atoms with E-state index in [2.05, 4.69) is 25.9 Å². The summed E-state index contributed by atoms with van der Waals surface area (Å²) in [5.74, 6) is 0.489. The summed E-state index contributed by atoms with van der Waals surface area (Å²) in [5, 5.41) is 9.05. The van der Waals surface area contributed by atoms with Crippen LogP contribution in [0.15, 0.2) is 47.4 Å². The Hall–Kier alpha value is -3.11. The minimum absolute atomic E-state index is 0.0573. The zero-order valence-corrected chi connectivity index (χ0v) is 18.0. The van der Waals surface area contributed by atoms with Crippen molar-refractivity contribution in [2.24, 2.45) is 5.92 Å². The summed E-state index contributed by atoms with van der Waals surface area (Å²) in [4.78, 5) is 19.3. The molecule has 3 aromatic rings. The predicted molar refractivity (Wildman–Crippen MR) is 119 cm³/mol. The first kappa shape index (κ1) is 21.1. The molecule has 4 rings (SSSR count). The highest BCUT2D eigenvalue weighted by molar-refractivity contribution is 7.87. The third-order valence-corrected chi connectivity index (χ3v) is 6.19. The Morgan fingerprint density at radius 3 is 2.65 bits per heavy atom. The number of imidazole rings is 1. The lowest BCUT2D eigenvalue weighted by Crippen LogP contribution is -2.14. The number of anilines is 2. The molecule has 2 aromatic carbocycles. The maximum atomic E-state index is 12.6. The van der Waals surface area contributed by atoms with Gasteiger partial charge in [0.15, 0.2) is 0 Å². The van der Waals surface area contributed by atoms with Gasteiger partial charge in [-0.15, -0.1) is 0 Å². The molecular formula is C21H25N5O4S. The monoisotopic (exact) mass is 443 g/mol. The normalized spacial score (nSPS) is 13.8. The van der Waals surface area contributed by atoms with Crippen molar-refractivity contribution in [3.8, 4) is 5.75 Å². The van der Waals surface area contributed by atoms with E-state index in [4.69, 9.17) is 4.18 Å². The number of nitrogens with one attached hydrogen (secondary N) is 4. The van der Waals surface area contributed by atoms with E-state index in [1.165, 1.54) is 18.2 Å². The van der Waals surface area contributed by atoms with Gasteiger partial charge in [-0.2, -0.15) is 8.42 Å². The van der Waals surface area contributed by atoms with Crippen LogP contribution in [0.4, 0.5) is 11.6 Å². The number of H-pyrrole nitrogens is 1. The van der Waals surface area contributed by atoms with Crippen molar-refractivity contribution in [3.63, 3.8) is 0 Å². The Kier molecular flexibility index (Phi) is 6.10. The summed E-state index contributed by atoms with van der Waals surface area (Å²) < 4.78 is 30.6. The van der Waals surface area contributed by atoms with Crippen LogP contribution in [0.2, 0.25) is 0 Å². The highest BCUT2D eigenvalue weighted by atomic mass is 32.2. The van der Waals surface area contributed by atoms with Crippen LogP contribution in [0.1, 0.15) is 19.3 Å². The summed E-state index contributed by atoms with van der Waals surface area (Å²) in [6.07, 6.45) is 2.76. The molecular weight excluding hydrogens is 418 g/mol. The Balaban J connectivity index is 1.42. The van der Waals surface area contributed by atoms with Gasteiger partial charge in [-0.05, 0) is 69.3 Å². The standard InChI is InChI=1S/C21H25N5O4S/c1-22-11-2-12-23-15-5-8-17(9-6-15)31(28,29)30-16-7-10-18-19(13-16)25-21(24-18)26-20(27)14-3-4-14/h5-10,13-14,22-23H,2-4,11-12H2,1H3,(H2,24,25,26,27). The number of benzene rings is 2. The molecule has 1 heterocycles. The molecule has 4 N–H and O–H groups in total. The van der Waals surface area contributed by atoms with Gasteiger partial charge in [0.2, 0.25) is 11.9 Å². The van der Waals surface area contributed by atoms with Crippen LogP contribution >= 0.6 is 0 Å². The number of aromatic amines is 1. The van der Waals surface area contributed by atoms with Crippen molar-refractivity contribution < 1.29 is 17.4 Å². The summed E-state index contributed by atoms with van der Waals surface area (Å²) in [5.41, 5.74) is 2.01. The number of aromatic nitrogens is 2. The van der Waals surface area contributed by atoms with Crippen LogP contribution in [0, 0.1) is 5.92 Å². The second-order valence-electron chi connectivity index (χ2n) is 7.47. The van der Waals surface area contributed by atoms with E-state index < -0.39 is 10.1 Å². The lowest BCUT2D eigenvalue weighted by molar-refractivity contribution is -0.117. The van der Waals surface area contributed by atoms with E-state index in [1.54, 1.807) is 24.3 Å². The second kappa shape index (κ2) is 8.94. The van der Waals surface area contributed by atoms with Crippen molar-refractivity contribution >= 4 is 38.7 Å². The summed E-state index contributed by atoms with van der Waals surface area (Å²) in [6.45, 7) is 1.69. The molecule has 0 saturated heterocycles. The van der Waals surface area contributed by atoms with Crippen LogP contribution in [0.5, 0.6) is 5.75 Å². The van der Waals surface area contributed by atoms with Crippen molar-refractivity contribution in [3.05, 3.63) is 42.5 Å². The average Bonchev–Trinajstić information content (AvgIpc) is 3.52. The molecule has 0 atom stereocenters.